The van der Waals surface area contributed by atoms with Crippen LogP contribution < -0.4 is 0 Å². The van der Waals surface area contributed by atoms with Crippen LogP contribution in [0.25, 0.3) is 0 Å². The Bertz CT molecular complexity index is 394. The molecule has 0 saturated heterocycles. The topological polar surface area (TPSA) is 55.4 Å². The third kappa shape index (κ3) is 12.2. The van der Waals surface area contributed by atoms with Crippen LogP contribution in [0.1, 0.15) is 41.5 Å². The Hall–Kier alpha value is -0.877. The molecule has 0 aliphatic carbocycles. The monoisotopic (exact) mass is 444 g/mol. The maximum absolute atomic E-state index is 5.05. The van der Waals surface area contributed by atoms with Crippen LogP contribution in [0, 0.1) is 0 Å². The summed E-state index contributed by atoms with van der Waals surface area (Å²) < 4.78 is 30.1. The molecule has 0 saturated carbocycles. The first-order valence-corrected chi connectivity index (χ1v) is 8.15. The van der Waals surface area contributed by atoms with E-state index in [0.717, 1.165) is 17.3 Å². The van der Waals surface area contributed by atoms with E-state index in [4.69, 9.17) is 28.4 Å². The van der Waals surface area contributed by atoms with E-state index >= 15 is 0 Å². The summed E-state index contributed by atoms with van der Waals surface area (Å²) in [5.74, 6) is 2.89. The predicted octanol–water partition coefficient (Wildman–Crippen LogP) is 3.85. The Morgan fingerprint density at radius 3 is 0.960 bits per heavy atom. The van der Waals surface area contributed by atoms with Gasteiger partial charge in [-0.25, -0.2) is 0 Å². The van der Waals surface area contributed by atoms with Crippen molar-refractivity contribution in [1.82, 2.24) is 0 Å². The second-order valence-electron chi connectivity index (χ2n) is 5.73. The van der Waals surface area contributed by atoms with E-state index in [1.807, 2.05) is 59.8 Å². The van der Waals surface area contributed by atoms with Crippen molar-refractivity contribution >= 4 is 0 Å². The second-order valence-corrected chi connectivity index (χ2v) is 5.73. The molecule has 0 amide bonds. The molecule has 0 bridgehead atoms. The third-order valence-electron chi connectivity index (χ3n) is 3.26. The van der Waals surface area contributed by atoms with Crippen molar-refractivity contribution in [3.8, 4) is 0 Å². The third-order valence-corrected chi connectivity index (χ3v) is 3.26. The normalized spacial score (nSPS) is 27.6. The van der Waals surface area contributed by atoms with Crippen molar-refractivity contribution in [3.05, 3.63) is 35.5 Å². The van der Waals surface area contributed by atoms with E-state index in [1.54, 1.807) is 0 Å². The van der Waals surface area contributed by atoms with Gasteiger partial charge in [-0.05, 0) is 59.8 Å². The summed E-state index contributed by atoms with van der Waals surface area (Å²) in [6.45, 7) is 13.0. The fourth-order valence-electron chi connectivity index (χ4n) is 1.98. The SMILES string of the molecule is CC1=CC(C)OCO1.CC1=CC(C)OCO1.CC1=CC(C)OCO1.[Ru]. The van der Waals surface area contributed by atoms with Crippen molar-refractivity contribution in [1.29, 1.82) is 0 Å². The smallest absolute Gasteiger partial charge is 0.189 e. The number of ether oxygens (including phenoxy) is 6. The van der Waals surface area contributed by atoms with Crippen LogP contribution in [0.15, 0.2) is 35.5 Å². The first-order valence-electron chi connectivity index (χ1n) is 8.15. The molecule has 0 N–H and O–H groups in total. The average molecular weight is 444 g/mol. The fraction of sp³-hybridized carbons (Fsp3) is 0.667. The number of allylic oxidation sites excluding steroid dienone is 3. The Kier molecular flexibility index (Phi) is 12.9. The molecule has 0 aromatic carbocycles. The molecular formula is C18H30O6Ru. The van der Waals surface area contributed by atoms with Gasteiger partial charge >= 0.3 is 0 Å². The molecule has 0 aromatic heterocycles. The maximum atomic E-state index is 5.05. The standard InChI is InChI=1S/3C6H10O2.Ru/c3*1-5-3-6(2)8-4-7-5;/h3*3,5H,4H2,1-2H3;. The van der Waals surface area contributed by atoms with E-state index in [2.05, 4.69) is 0 Å². The van der Waals surface area contributed by atoms with Crippen molar-refractivity contribution in [3.63, 3.8) is 0 Å². The summed E-state index contributed by atoms with van der Waals surface area (Å²) in [6, 6.07) is 0. The van der Waals surface area contributed by atoms with Gasteiger partial charge in [0.15, 0.2) is 20.4 Å². The summed E-state index contributed by atoms with van der Waals surface area (Å²) in [5.41, 5.74) is 0. The van der Waals surface area contributed by atoms with Crippen molar-refractivity contribution in [2.24, 2.45) is 0 Å². The summed E-state index contributed by atoms with van der Waals surface area (Å²) in [5, 5.41) is 0. The number of hydrogen-bond acceptors (Lipinski definition) is 6. The molecule has 25 heavy (non-hydrogen) atoms. The zero-order valence-corrected chi connectivity index (χ0v) is 17.6. The molecule has 3 aliphatic heterocycles. The fourth-order valence-corrected chi connectivity index (χ4v) is 1.98. The largest absolute Gasteiger partial charge is 0.472 e. The molecule has 0 fully saturated rings. The van der Waals surface area contributed by atoms with Gasteiger partial charge in [-0.15, -0.1) is 0 Å². The van der Waals surface area contributed by atoms with Crippen LogP contribution in [0.5, 0.6) is 0 Å². The molecular weight excluding hydrogens is 413 g/mol. The molecule has 146 valence electrons. The molecule has 3 rings (SSSR count). The second kappa shape index (κ2) is 13.3. The van der Waals surface area contributed by atoms with Gasteiger partial charge in [0.25, 0.3) is 0 Å². The summed E-state index contributed by atoms with van der Waals surface area (Å²) >= 11 is 0. The Morgan fingerprint density at radius 2 is 0.840 bits per heavy atom. The van der Waals surface area contributed by atoms with E-state index in [0.29, 0.717) is 20.4 Å². The van der Waals surface area contributed by atoms with Crippen LogP contribution in [-0.2, 0) is 47.9 Å². The van der Waals surface area contributed by atoms with E-state index < -0.39 is 0 Å². The molecule has 3 atom stereocenters. The molecule has 0 aromatic rings. The van der Waals surface area contributed by atoms with Gasteiger partial charge in [0.1, 0.15) is 0 Å². The average Bonchev–Trinajstić information content (AvgIpc) is 2.47. The van der Waals surface area contributed by atoms with Gasteiger partial charge in [-0.1, -0.05) is 0 Å². The molecule has 0 spiro atoms. The molecule has 6 nitrogen and oxygen atoms in total. The molecule has 3 aliphatic rings. The van der Waals surface area contributed by atoms with Crippen molar-refractivity contribution in [2.45, 2.75) is 59.9 Å². The minimum absolute atomic E-state index is 0. The van der Waals surface area contributed by atoms with Gasteiger partial charge < -0.3 is 28.4 Å². The summed E-state index contributed by atoms with van der Waals surface area (Å²) in [4.78, 5) is 0. The van der Waals surface area contributed by atoms with Gasteiger partial charge in [0, 0.05) is 19.5 Å². The van der Waals surface area contributed by atoms with Gasteiger partial charge in [-0.2, -0.15) is 0 Å². The Morgan fingerprint density at radius 1 is 0.600 bits per heavy atom. The first-order chi connectivity index (χ1) is 11.4. The van der Waals surface area contributed by atoms with Crippen LogP contribution >= 0.6 is 0 Å². The maximum Gasteiger partial charge on any atom is 0.189 e. The Labute approximate surface area is 163 Å². The molecule has 3 heterocycles. The number of rotatable bonds is 0. The zero-order valence-electron chi connectivity index (χ0n) is 15.9. The summed E-state index contributed by atoms with van der Waals surface area (Å²) in [6.07, 6.45) is 6.52. The van der Waals surface area contributed by atoms with Crippen LogP contribution in [-0.4, -0.2) is 38.7 Å². The van der Waals surface area contributed by atoms with Crippen LogP contribution in [0.3, 0.4) is 0 Å². The van der Waals surface area contributed by atoms with Crippen LogP contribution in [0.4, 0.5) is 0 Å². The van der Waals surface area contributed by atoms with E-state index in [1.165, 1.54) is 0 Å². The van der Waals surface area contributed by atoms with Gasteiger partial charge in [-0.3, -0.25) is 0 Å². The number of hydrogen-bond donors (Lipinski definition) is 0. The zero-order chi connectivity index (χ0) is 17.9. The Balaban J connectivity index is 0.000000339. The van der Waals surface area contributed by atoms with Gasteiger partial charge in [0.05, 0.1) is 35.6 Å². The minimum atomic E-state index is 0. The predicted molar refractivity (Wildman–Crippen MR) is 90.8 cm³/mol. The first kappa shape index (κ1) is 24.1. The molecule has 7 heteroatoms. The van der Waals surface area contributed by atoms with E-state index in [-0.39, 0.29) is 37.8 Å². The summed E-state index contributed by atoms with van der Waals surface area (Å²) in [7, 11) is 0. The van der Waals surface area contributed by atoms with Gasteiger partial charge in [0.2, 0.25) is 0 Å². The molecule has 0 radical (unpaired) electrons. The van der Waals surface area contributed by atoms with Crippen molar-refractivity contribution < 1.29 is 47.9 Å². The molecule has 3 unspecified atom stereocenters. The van der Waals surface area contributed by atoms with Crippen molar-refractivity contribution in [2.75, 3.05) is 20.4 Å². The van der Waals surface area contributed by atoms with E-state index in [9.17, 15) is 0 Å². The van der Waals surface area contributed by atoms with Crippen LogP contribution in [0.2, 0.25) is 0 Å². The minimum Gasteiger partial charge on any atom is -0.472 e. The quantitative estimate of drug-likeness (QED) is 0.530.